The monoisotopic (exact) mass is 205 g/mol. The number of phenols is 1. The van der Waals surface area contributed by atoms with Crippen LogP contribution in [0.2, 0.25) is 0 Å². The maximum Gasteiger partial charge on any atom is 0.165 e. The van der Waals surface area contributed by atoms with Gasteiger partial charge in [0.1, 0.15) is 0 Å². The van der Waals surface area contributed by atoms with Crippen LogP contribution >= 0.6 is 12.4 Å². The second-order valence-electron chi connectivity index (χ2n) is 2.92. The summed E-state index contributed by atoms with van der Waals surface area (Å²) >= 11 is 0. The zero-order chi connectivity index (χ0) is 9.30. The van der Waals surface area contributed by atoms with Crippen LogP contribution in [0.25, 0.3) is 0 Å². The van der Waals surface area contributed by atoms with Crippen molar-refractivity contribution in [3.8, 4) is 5.75 Å². The molecule has 0 aliphatic carbocycles. The number of aromatic hydroxyl groups is 1. The van der Waals surface area contributed by atoms with Gasteiger partial charge in [-0.05, 0) is 25.5 Å². The van der Waals surface area contributed by atoms with E-state index in [2.05, 4.69) is 0 Å². The van der Waals surface area contributed by atoms with E-state index >= 15 is 0 Å². The van der Waals surface area contributed by atoms with Crippen LogP contribution in [0, 0.1) is 12.7 Å². The second-order valence-corrected chi connectivity index (χ2v) is 2.92. The average Bonchev–Trinajstić information content (AvgIpc) is 1.97. The first kappa shape index (κ1) is 12.2. The van der Waals surface area contributed by atoms with Crippen LogP contribution in [0.15, 0.2) is 12.1 Å². The van der Waals surface area contributed by atoms with Crippen LogP contribution in [0.5, 0.6) is 5.75 Å². The number of rotatable bonds is 1. The van der Waals surface area contributed by atoms with Gasteiger partial charge in [-0.3, -0.25) is 0 Å². The lowest BCUT2D eigenvalue weighted by Gasteiger charge is -2.11. The minimum Gasteiger partial charge on any atom is -0.505 e. The second kappa shape index (κ2) is 4.44. The van der Waals surface area contributed by atoms with E-state index in [1.54, 1.807) is 19.9 Å². The molecule has 0 spiro atoms. The molecule has 0 bridgehead atoms. The third-order valence-electron chi connectivity index (χ3n) is 1.84. The van der Waals surface area contributed by atoms with Gasteiger partial charge in [0.2, 0.25) is 0 Å². The van der Waals surface area contributed by atoms with E-state index in [0.29, 0.717) is 5.56 Å². The molecule has 1 aromatic rings. The molecule has 0 saturated carbocycles. The molecule has 0 aliphatic heterocycles. The van der Waals surface area contributed by atoms with E-state index in [4.69, 9.17) is 5.73 Å². The van der Waals surface area contributed by atoms with E-state index in [-0.39, 0.29) is 24.2 Å². The Morgan fingerprint density at radius 1 is 1.46 bits per heavy atom. The molecule has 2 nitrogen and oxygen atoms in total. The molecule has 0 aromatic heterocycles. The fourth-order valence-electron chi connectivity index (χ4n) is 1.26. The SMILES string of the molecule is Cc1ccc(F)c(O)c1[C@H](C)N.Cl. The van der Waals surface area contributed by atoms with Crippen molar-refractivity contribution in [2.45, 2.75) is 19.9 Å². The van der Waals surface area contributed by atoms with Crippen molar-refractivity contribution in [2.75, 3.05) is 0 Å². The molecule has 74 valence electrons. The van der Waals surface area contributed by atoms with Crippen molar-refractivity contribution in [2.24, 2.45) is 5.73 Å². The number of halogens is 2. The summed E-state index contributed by atoms with van der Waals surface area (Å²) in [5.74, 6) is -0.946. The molecular weight excluding hydrogens is 193 g/mol. The van der Waals surface area contributed by atoms with Crippen LogP contribution in [0.1, 0.15) is 24.1 Å². The first-order valence-electron chi connectivity index (χ1n) is 3.77. The molecule has 1 atom stereocenters. The summed E-state index contributed by atoms with van der Waals surface area (Å²) in [6.07, 6.45) is 0. The van der Waals surface area contributed by atoms with Crippen molar-refractivity contribution in [3.63, 3.8) is 0 Å². The lowest BCUT2D eigenvalue weighted by atomic mass is 10.0. The van der Waals surface area contributed by atoms with Crippen molar-refractivity contribution in [1.29, 1.82) is 0 Å². The van der Waals surface area contributed by atoms with Gasteiger partial charge in [-0.25, -0.2) is 4.39 Å². The molecule has 0 fully saturated rings. The topological polar surface area (TPSA) is 46.2 Å². The highest BCUT2D eigenvalue weighted by Crippen LogP contribution is 2.28. The van der Waals surface area contributed by atoms with Gasteiger partial charge >= 0.3 is 0 Å². The fraction of sp³-hybridized carbons (Fsp3) is 0.333. The van der Waals surface area contributed by atoms with E-state index in [9.17, 15) is 9.50 Å². The standard InChI is InChI=1S/C9H12FNO.ClH/c1-5-3-4-7(10)9(12)8(5)6(2)11;/h3-4,6,12H,11H2,1-2H3;1H/t6-;/m0./s1. The molecule has 0 saturated heterocycles. The zero-order valence-corrected chi connectivity index (χ0v) is 8.36. The summed E-state index contributed by atoms with van der Waals surface area (Å²) in [4.78, 5) is 0. The molecular formula is C9H13ClFNO. The van der Waals surface area contributed by atoms with Gasteiger partial charge in [-0.15, -0.1) is 12.4 Å². The highest BCUT2D eigenvalue weighted by Gasteiger charge is 2.12. The van der Waals surface area contributed by atoms with Crippen molar-refractivity contribution in [3.05, 3.63) is 29.1 Å². The van der Waals surface area contributed by atoms with Crippen molar-refractivity contribution >= 4 is 12.4 Å². The predicted molar refractivity (Wildman–Crippen MR) is 52.7 cm³/mol. The van der Waals surface area contributed by atoms with Gasteiger partial charge in [0, 0.05) is 11.6 Å². The van der Waals surface area contributed by atoms with E-state index < -0.39 is 5.82 Å². The van der Waals surface area contributed by atoms with Gasteiger partial charge in [0.25, 0.3) is 0 Å². The number of hydrogen-bond acceptors (Lipinski definition) is 2. The molecule has 3 N–H and O–H groups in total. The molecule has 0 amide bonds. The maximum absolute atomic E-state index is 12.8. The summed E-state index contributed by atoms with van der Waals surface area (Å²) in [6.45, 7) is 3.50. The Kier molecular flexibility index (Phi) is 4.17. The van der Waals surface area contributed by atoms with Crippen molar-refractivity contribution in [1.82, 2.24) is 0 Å². The third kappa shape index (κ3) is 2.32. The summed E-state index contributed by atoms with van der Waals surface area (Å²) in [5, 5.41) is 9.29. The quantitative estimate of drug-likeness (QED) is 0.739. The van der Waals surface area contributed by atoms with Gasteiger partial charge in [-0.2, -0.15) is 0 Å². The maximum atomic E-state index is 12.8. The Labute approximate surface area is 83.0 Å². The van der Waals surface area contributed by atoms with E-state index in [0.717, 1.165) is 5.56 Å². The smallest absolute Gasteiger partial charge is 0.165 e. The van der Waals surface area contributed by atoms with E-state index in [1.165, 1.54) is 6.07 Å². The third-order valence-corrected chi connectivity index (χ3v) is 1.84. The predicted octanol–water partition coefficient (Wildman–Crippen LogP) is 2.28. The lowest BCUT2D eigenvalue weighted by molar-refractivity contribution is 0.421. The zero-order valence-electron chi connectivity index (χ0n) is 7.54. The van der Waals surface area contributed by atoms with Crippen LogP contribution in [-0.2, 0) is 0 Å². The normalized spacial score (nSPS) is 12.0. The largest absolute Gasteiger partial charge is 0.505 e. The fourth-order valence-corrected chi connectivity index (χ4v) is 1.26. The minimum atomic E-state index is -0.618. The highest BCUT2D eigenvalue weighted by molar-refractivity contribution is 5.85. The Bertz CT molecular complexity index is 302. The first-order valence-corrected chi connectivity index (χ1v) is 3.77. The van der Waals surface area contributed by atoms with Crippen LogP contribution in [-0.4, -0.2) is 5.11 Å². The van der Waals surface area contributed by atoms with E-state index in [1.807, 2.05) is 0 Å². The van der Waals surface area contributed by atoms with Gasteiger partial charge in [0.05, 0.1) is 0 Å². The summed E-state index contributed by atoms with van der Waals surface area (Å²) < 4.78 is 12.8. The van der Waals surface area contributed by atoms with Gasteiger partial charge in [0.15, 0.2) is 11.6 Å². The molecule has 0 heterocycles. The number of nitrogens with two attached hydrogens (primary N) is 1. The van der Waals surface area contributed by atoms with Crippen LogP contribution in [0.3, 0.4) is 0 Å². The number of aryl methyl sites for hydroxylation is 1. The molecule has 1 rings (SSSR count). The minimum absolute atomic E-state index is 0. The van der Waals surface area contributed by atoms with Crippen LogP contribution in [0.4, 0.5) is 4.39 Å². The number of phenolic OH excluding ortho intramolecular Hbond substituents is 1. The lowest BCUT2D eigenvalue weighted by Crippen LogP contribution is -2.07. The Morgan fingerprint density at radius 2 is 2.00 bits per heavy atom. The molecule has 13 heavy (non-hydrogen) atoms. The average molecular weight is 206 g/mol. The van der Waals surface area contributed by atoms with Crippen LogP contribution < -0.4 is 5.73 Å². The Morgan fingerprint density at radius 3 is 2.38 bits per heavy atom. The highest BCUT2D eigenvalue weighted by atomic mass is 35.5. The summed E-state index contributed by atoms with van der Waals surface area (Å²) in [7, 11) is 0. The Hall–Kier alpha value is -0.800. The Balaban J connectivity index is 0.00000144. The summed E-state index contributed by atoms with van der Waals surface area (Å²) in [6, 6.07) is 2.49. The molecule has 0 aliphatic rings. The van der Waals surface area contributed by atoms with Gasteiger partial charge < -0.3 is 10.8 Å². The van der Waals surface area contributed by atoms with Crippen molar-refractivity contribution < 1.29 is 9.50 Å². The molecule has 4 heteroatoms. The number of hydrogen-bond donors (Lipinski definition) is 2. The molecule has 0 unspecified atom stereocenters. The first-order chi connectivity index (χ1) is 5.54. The summed E-state index contributed by atoms with van der Waals surface area (Å²) in [5.41, 5.74) is 6.85. The number of benzene rings is 1. The molecule has 1 aromatic carbocycles. The molecule has 0 radical (unpaired) electrons. The van der Waals surface area contributed by atoms with Gasteiger partial charge in [-0.1, -0.05) is 6.07 Å².